The monoisotopic (exact) mass is 317 g/mol. The van der Waals surface area contributed by atoms with Gasteiger partial charge in [-0.05, 0) is 19.1 Å². The van der Waals surface area contributed by atoms with E-state index in [4.69, 9.17) is 0 Å². The third-order valence-electron chi connectivity index (χ3n) is 4.09. The van der Waals surface area contributed by atoms with Crippen molar-refractivity contribution in [2.45, 2.75) is 6.92 Å². The van der Waals surface area contributed by atoms with Gasteiger partial charge < -0.3 is 5.32 Å². The molecule has 1 heterocycles. The van der Waals surface area contributed by atoms with E-state index in [-0.39, 0.29) is 11.6 Å². The van der Waals surface area contributed by atoms with Crippen molar-refractivity contribution in [3.8, 4) is 5.69 Å². The average Bonchev–Trinajstić information content (AvgIpc) is 3.01. The van der Waals surface area contributed by atoms with Crippen LogP contribution in [-0.2, 0) is 0 Å². The fourth-order valence-electron chi connectivity index (χ4n) is 3.03. The number of carbonyl (C=O) groups is 2. The zero-order valence-electron chi connectivity index (χ0n) is 13.1. The lowest BCUT2D eigenvalue weighted by Crippen LogP contribution is -2.23. The number of carbonyl (C=O) groups excluding carboxylic acids is 2. The Bertz CT molecular complexity index is 958. The molecule has 3 aromatic rings. The summed E-state index contributed by atoms with van der Waals surface area (Å²) in [5.41, 5.74) is 2.28. The van der Waals surface area contributed by atoms with Crippen LogP contribution in [0.25, 0.3) is 5.69 Å². The second-order valence-electron chi connectivity index (χ2n) is 5.55. The largest absolute Gasteiger partial charge is 0.368 e. The molecule has 5 heteroatoms. The molecule has 0 aliphatic heterocycles. The molecule has 0 amide bonds. The average molecular weight is 317 g/mol. The van der Waals surface area contributed by atoms with Crippen molar-refractivity contribution in [1.82, 2.24) is 9.78 Å². The fraction of sp³-hybridized carbons (Fsp3) is 0.105. The van der Waals surface area contributed by atoms with Gasteiger partial charge >= 0.3 is 0 Å². The van der Waals surface area contributed by atoms with E-state index < -0.39 is 0 Å². The first-order valence-electron chi connectivity index (χ1n) is 7.83. The van der Waals surface area contributed by atoms with Crippen LogP contribution in [0.5, 0.6) is 0 Å². The lowest BCUT2D eigenvalue weighted by molar-refractivity contribution is 0.0975. The van der Waals surface area contributed by atoms with Crippen molar-refractivity contribution < 1.29 is 9.59 Å². The van der Waals surface area contributed by atoms with Gasteiger partial charge in [-0.25, -0.2) is 4.68 Å². The minimum Gasteiger partial charge on any atom is -0.368 e. The molecule has 0 atom stereocenters. The van der Waals surface area contributed by atoms with E-state index in [1.165, 1.54) is 0 Å². The number of rotatable bonds is 3. The smallest absolute Gasteiger partial charge is 0.213 e. The summed E-state index contributed by atoms with van der Waals surface area (Å²) in [6.07, 6.45) is 0. The number of hydrogen-bond donors (Lipinski definition) is 1. The highest BCUT2D eigenvalue weighted by Crippen LogP contribution is 2.33. The maximum absolute atomic E-state index is 13.0. The number of anilines is 1. The topological polar surface area (TPSA) is 64.0 Å². The van der Waals surface area contributed by atoms with Crippen LogP contribution in [-0.4, -0.2) is 27.9 Å². The third-order valence-corrected chi connectivity index (χ3v) is 4.09. The van der Waals surface area contributed by atoms with Crippen LogP contribution in [0.1, 0.15) is 38.9 Å². The van der Waals surface area contributed by atoms with Crippen molar-refractivity contribution in [3.05, 3.63) is 77.0 Å². The first-order chi connectivity index (χ1) is 11.7. The van der Waals surface area contributed by atoms with E-state index in [1.807, 2.05) is 37.3 Å². The molecule has 2 aromatic carbocycles. The Hall–Kier alpha value is -3.21. The van der Waals surface area contributed by atoms with E-state index in [0.717, 1.165) is 5.69 Å². The molecular formula is C19H15N3O2. The van der Waals surface area contributed by atoms with E-state index in [2.05, 4.69) is 10.4 Å². The molecule has 0 fully saturated rings. The molecule has 0 saturated carbocycles. The number of aromatic nitrogens is 2. The van der Waals surface area contributed by atoms with Gasteiger partial charge in [0.15, 0.2) is 11.6 Å². The molecule has 0 saturated heterocycles. The minimum atomic E-state index is -0.180. The first kappa shape index (κ1) is 14.4. The molecule has 0 spiro atoms. The molecule has 24 heavy (non-hydrogen) atoms. The summed E-state index contributed by atoms with van der Waals surface area (Å²) in [6, 6.07) is 16.3. The van der Waals surface area contributed by atoms with E-state index in [0.29, 0.717) is 34.7 Å². The van der Waals surface area contributed by atoms with E-state index in [9.17, 15) is 9.59 Å². The molecule has 4 rings (SSSR count). The molecule has 5 nitrogen and oxygen atoms in total. The van der Waals surface area contributed by atoms with Crippen LogP contribution in [0.2, 0.25) is 0 Å². The molecule has 0 unspecified atom stereocenters. The summed E-state index contributed by atoms with van der Waals surface area (Å²) in [7, 11) is 0. The fourth-order valence-corrected chi connectivity index (χ4v) is 3.03. The molecule has 1 N–H and O–H groups in total. The summed E-state index contributed by atoms with van der Waals surface area (Å²) < 4.78 is 1.56. The van der Waals surface area contributed by atoms with Crippen molar-refractivity contribution >= 4 is 17.4 Å². The van der Waals surface area contributed by atoms with Gasteiger partial charge in [-0.3, -0.25) is 9.59 Å². The summed E-state index contributed by atoms with van der Waals surface area (Å²) in [5.74, 6) is 0.100. The molecule has 0 bridgehead atoms. The maximum Gasteiger partial charge on any atom is 0.213 e. The Morgan fingerprint density at radius 2 is 1.54 bits per heavy atom. The number of benzene rings is 2. The molecular weight excluding hydrogens is 302 g/mol. The van der Waals surface area contributed by atoms with Gasteiger partial charge in [-0.2, -0.15) is 0 Å². The van der Waals surface area contributed by atoms with Crippen molar-refractivity contribution in [2.24, 2.45) is 0 Å². The Kier molecular flexibility index (Phi) is 3.27. The van der Waals surface area contributed by atoms with Gasteiger partial charge in [-0.15, -0.1) is 5.10 Å². The van der Waals surface area contributed by atoms with Crippen LogP contribution in [0.15, 0.2) is 54.6 Å². The number of nitrogens with one attached hydrogen (secondary N) is 1. The van der Waals surface area contributed by atoms with Gasteiger partial charge in [0.25, 0.3) is 0 Å². The summed E-state index contributed by atoms with van der Waals surface area (Å²) in [5, 5.41) is 7.60. The van der Waals surface area contributed by atoms with Crippen LogP contribution >= 0.6 is 0 Å². The quantitative estimate of drug-likeness (QED) is 0.631. The summed E-state index contributed by atoms with van der Waals surface area (Å²) in [6.45, 7) is 2.54. The van der Waals surface area contributed by atoms with Gasteiger partial charge in [0.1, 0.15) is 5.69 Å². The Labute approximate surface area is 138 Å². The second-order valence-corrected chi connectivity index (χ2v) is 5.55. The molecule has 1 aliphatic carbocycles. The highest BCUT2D eigenvalue weighted by Gasteiger charge is 2.36. The number of para-hydroxylation sites is 1. The third kappa shape index (κ3) is 1.98. The Morgan fingerprint density at radius 3 is 2.21 bits per heavy atom. The zero-order valence-corrected chi connectivity index (χ0v) is 13.1. The molecule has 1 aromatic heterocycles. The summed E-state index contributed by atoms with van der Waals surface area (Å²) in [4.78, 5) is 26.0. The Morgan fingerprint density at radius 1 is 0.917 bits per heavy atom. The molecule has 0 radical (unpaired) electrons. The lowest BCUT2D eigenvalue weighted by Gasteiger charge is -2.16. The van der Waals surface area contributed by atoms with Crippen molar-refractivity contribution in [3.63, 3.8) is 0 Å². The van der Waals surface area contributed by atoms with Crippen LogP contribution in [0.3, 0.4) is 0 Å². The SMILES string of the molecule is CCNc1nn(-c2ccccc2)c2c1C(=O)c1ccccc1C2=O. The van der Waals surface area contributed by atoms with E-state index in [1.54, 1.807) is 28.9 Å². The van der Waals surface area contributed by atoms with Gasteiger partial charge in [0.2, 0.25) is 5.78 Å². The first-order valence-corrected chi connectivity index (χ1v) is 7.83. The van der Waals surface area contributed by atoms with Crippen molar-refractivity contribution in [2.75, 3.05) is 11.9 Å². The van der Waals surface area contributed by atoms with Gasteiger partial charge in [0, 0.05) is 17.7 Å². The second kappa shape index (κ2) is 5.45. The van der Waals surface area contributed by atoms with Crippen LogP contribution < -0.4 is 5.32 Å². The highest BCUT2D eigenvalue weighted by molar-refractivity contribution is 6.29. The van der Waals surface area contributed by atoms with Gasteiger partial charge in [0.05, 0.1) is 11.3 Å². The minimum absolute atomic E-state index is 0.168. The highest BCUT2D eigenvalue weighted by atomic mass is 16.1. The normalized spacial score (nSPS) is 12.7. The van der Waals surface area contributed by atoms with Crippen LogP contribution in [0.4, 0.5) is 5.82 Å². The maximum atomic E-state index is 13.0. The number of nitrogens with zero attached hydrogens (tertiary/aromatic N) is 2. The van der Waals surface area contributed by atoms with E-state index >= 15 is 0 Å². The molecule has 1 aliphatic rings. The summed E-state index contributed by atoms with van der Waals surface area (Å²) >= 11 is 0. The number of hydrogen-bond acceptors (Lipinski definition) is 4. The molecule has 118 valence electrons. The predicted octanol–water partition coefficient (Wildman–Crippen LogP) is 3.08. The number of fused-ring (bicyclic) bond motifs is 2. The Balaban J connectivity index is 2.01. The zero-order chi connectivity index (χ0) is 16.7. The lowest BCUT2D eigenvalue weighted by atomic mass is 9.87. The van der Waals surface area contributed by atoms with Crippen molar-refractivity contribution in [1.29, 1.82) is 0 Å². The standard InChI is InChI=1S/C19H15N3O2/c1-2-20-19-15-16(22(21-19)12-8-4-3-5-9-12)18(24)14-11-7-6-10-13(14)17(15)23/h3-11H,2H2,1H3,(H,20,21). The van der Waals surface area contributed by atoms with Gasteiger partial charge in [-0.1, -0.05) is 42.5 Å². The van der Waals surface area contributed by atoms with Crippen LogP contribution in [0, 0.1) is 0 Å². The predicted molar refractivity (Wildman–Crippen MR) is 91.0 cm³/mol. The number of ketones is 2.